The fraction of sp³-hybridized carbons (Fsp3) is 0.647. The summed E-state index contributed by atoms with van der Waals surface area (Å²) in [6, 6.07) is 24.5. The van der Waals surface area contributed by atoms with E-state index in [9.17, 15) is 9.59 Å². The molecule has 2 aromatic heterocycles. The van der Waals surface area contributed by atoms with Crippen molar-refractivity contribution < 1.29 is 38.4 Å². The quantitative estimate of drug-likeness (QED) is 0.0524. The zero-order valence-electron chi connectivity index (χ0n) is 50.2. The van der Waals surface area contributed by atoms with Crippen LogP contribution in [0.5, 0.6) is 0 Å². The summed E-state index contributed by atoms with van der Waals surface area (Å²) in [6.07, 6.45) is 23.2. The molecule has 444 valence electrons. The van der Waals surface area contributed by atoms with Gasteiger partial charge in [-0.1, -0.05) is 104 Å². The summed E-state index contributed by atoms with van der Waals surface area (Å²) in [4.78, 5) is 36.3. The summed E-state index contributed by atoms with van der Waals surface area (Å²) in [5.74, 6) is -1.06. The molecular formula is C68H97BrN4O8. The molecule has 6 aliphatic rings. The van der Waals surface area contributed by atoms with Gasteiger partial charge in [-0.15, -0.1) is 0 Å². The average molecular weight is 1180 g/mol. The molecule has 81 heavy (non-hydrogen) atoms. The Balaban J connectivity index is 0.000000182. The minimum Gasteiger partial charge on any atom is -0.480 e. The predicted molar refractivity (Wildman–Crippen MR) is 325 cm³/mol. The highest BCUT2D eigenvalue weighted by molar-refractivity contribution is 9.09. The molecule has 6 heterocycles. The number of aromatic nitrogens is 2. The van der Waals surface area contributed by atoms with Crippen LogP contribution in [0.4, 0.5) is 0 Å². The fourth-order valence-electron chi connectivity index (χ4n) is 12.3. The molecule has 4 saturated heterocycles. The van der Waals surface area contributed by atoms with E-state index in [0.29, 0.717) is 12.7 Å². The summed E-state index contributed by atoms with van der Waals surface area (Å²) >= 11 is 3.24. The van der Waals surface area contributed by atoms with Gasteiger partial charge >= 0.3 is 11.9 Å². The molecule has 6 atom stereocenters. The number of carbonyl (C=O) groups is 2. The first kappa shape index (κ1) is 63.0. The fourth-order valence-corrected chi connectivity index (χ4v) is 12.7. The number of benzene rings is 2. The van der Waals surface area contributed by atoms with Gasteiger partial charge in [-0.3, -0.25) is 19.7 Å². The Labute approximate surface area is 494 Å². The first-order valence-corrected chi connectivity index (χ1v) is 32.0. The van der Waals surface area contributed by atoms with E-state index >= 15 is 0 Å². The van der Waals surface area contributed by atoms with Gasteiger partial charge in [0.1, 0.15) is 16.5 Å². The van der Waals surface area contributed by atoms with Gasteiger partial charge in [0.25, 0.3) is 0 Å². The molecule has 4 fully saturated rings. The highest BCUT2D eigenvalue weighted by atomic mass is 79.9. The Morgan fingerprint density at radius 3 is 1.72 bits per heavy atom. The lowest BCUT2D eigenvalue weighted by Gasteiger charge is -2.37. The summed E-state index contributed by atoms with van der Waals surface area (Å²) in [7, 11) is 0. The van der Waals surface area contributed by atoms with E-state index in [4.69, 9.17) is 38.8 Å². The minimum absolute atomic E-state index is 0.00146. The molecule has 4 aromatic rings. The summed E-state index contributed by atoms with van der Waals surface area (Å²) in [5.41, 5.74) is 11.8. The SMILES string of the molecule is CC1(C)CCC(c2ccccc2C(Br)C(=O)O)OC1.CC1(C)CCC(c2ccccc2C(C(=O)OC(C)(C)C)N2CC[C@@H](OCCCCc3ccc4c(n3)CCCC4)C2)OC1.c1cc2c(nc1CCCCO[C@@H]1CCNC1)CCCC2. The number of carbonyl (C=O) groups excluding carboxylic acids is 1. The van der Waals surface area contributed by atoms with Crippen LogP contribution in [0.1, 0.15) is 218 Å². The third kappa shape index (κ3) is 19.2. The number of carboxylic acid groups (broad SMARTS) is 1. The van der Waals surface area contributed by atoms with Gasteiger partial charge in [0.05, 0.1) is 37.6 Å². The molecule has 10 rings (SSSR count). The lowest BCUT2D eigenvalue weighted by atomic mass is 9.82. The van der Waals surface area contributed by atoms with Crippen molar-refractivity contribution in [3.05, 3.63) is 129 Å². The van der Waals surface area contributed by atoms with E-state index < -0.39 is 22.4 Å². The Bertz CT molecular complexity index is 2610. The van der Waals surface area contributed by atoms with Crippen molar-refractivity contribution in [1.29, 1.82) is 0 Å². The van der Waals surface area contributed by atoms with Crippen molar-refractivity contribution in [1.82, 2.24) is 20.2 Å². The molecule has 0 bridgehead atoms. The molecule has 12 nitrogen and oxygen atoms in total. The number of hydrogen-bond donors (Lipinski definition) is 2. The number of nitrogens with one attached hydrogen (secondary N) is 1. The number of rotatable bonds is 19. The second-order valence-corrected chi connectivity index (χ2v) is 27.2. The highest BCUT2D eigenvalue weighted by Crippen LogP contribution is 2.43. The van der Waals surface area contributed by atoms with E-state index in [0.717, 1.165) is 139 Å². The van der Waals surface area contributed by atoms with Gasteiger partial charge in [0.2, 0.25) is 0 Å². The predicted octanol–water partition coefficient (Wildman–Crippen LogP) is 14.1. The number of hydrogen-bond acceptors (Lipinski definition) is 11. The van der Waals surface area contributed by atoms with Gasteiger partial charge in [-0.25, -0.2) is 4.79 Å². The van der Waals surface area contributed by atoms with Crippen molar-refractivity contribution in [2.75, 3.05) is 52.6 Å². The van der Waals surface area contributed by atoms with Crippen LogP contribution in [0, 0.1) is 10.8 Å². The molecule has 0 spiro atoms. The number of nitrogens with zero attached hydrogens (tertiary/aromatic N) is 3. The van der Waals surface area contributed by atoms with Crippen LogP contribution in [-0.4, -0.2) is 102 Å². The Morgan fingerprint density at radius 1 is 0.691 bits per heavy atom. The van der Waals surface area contributed by atoms with E-state index in [1.165, 1.54) is 91.7 Å². The van der Waals surface area contributed by atoms with Crippen molar-refractivity contribution in [2.24, 2.45) is 10.8 Å². The second kappa shape index (κ2) is 30.1. The number of unbranched alkanes of at least 4 members (excludes halogenated alkanes) is 2. The van der Waals surface area contributed by atoms with Gasteiger partial charge in [0, 0.05) is 55.6 Å². The topological polar surface area (TPSA) is 142 Å². The zero-order chi connectivity index (χ0) is 57.4. The normalized spacial score (nSPS) is 23.1. The van der Waals surface area contributed by atoms with Crippen LogP contribution in [0.3, 0.4) is 0 Å². The van der Waals surface area contributed by atoms with Crippen LogP contribution in [-0.2, 0) is 71.8 Å². The highest BCUT2D eigenvalue weighted by Gasteiger charge is 2.40. The molecule has 4 unspecified atom stereocenters. The van der Waals surface area contributed by atoms with Gasteiger partial charge in [-0.05, 0) is 212 Å². The first-order chi connectivity index (χ1) is 38.9. The van der Waals surface area contributed by atoms with E-state index in [-0.39, 0.29) is 35.1 Å². The number of alkyl halides is 1. The van der Waals surface area contributed by atoms with Crippen LogP contribution in [0.15, 0.2) is 72.8 Å². The minimum atomic E-state index is -0.872. The molecule has 2 aromatic carbocycles. The standard InChI is InChI=1S/C36H52N2O4.C17H26N2O.C15H19BrO3/c1-35(2,3)42-34(39)33(30-15-8-7-14-29(30)32-19-21-36(4,5)25-41-32)38-22-20-28(24-38)40-23-11-10-13-27-18-17-26-12-6-9-16-31(26)37-27;1-2-7-17-14(5-1)8-9-15(19-17)6-3-4-12-20-16-10-11-18-13-16;1-15(2)8-7-12(19-9-15)10-5-3-4-6-11(10)13(16)14(17)18/h7-8,14-15,17-18,28,32-33H,6,9-13,16,19-25H2,1-5H3;8-9,16,18H,1-7,10-13H2;3-6,12-13H,7-9H2,1-2H3,(H,17,18)/t28-,32?,33?;16-;/m11./s1. The summed E-state index contributed by atoms with van der Waals surface area (Å²) in [5, 5.41) is 12.5. The number of aliphatic carboxylic acids is 1. The average Bonchev–Trinajstić information content (AvgIpc) is 4.19. The Kier molecular flexibility index (Phi) is 23.4. The molecule has 0 saturated carbocycles. The number of esters is 1. The van der Waals surface area contributed by atoms with Crippen molar-refractivity contribution in [3.63, 3.8) is 0 Å². The number of likely N-dealkylation sites (tertiary alicyclic amines) is 1. The smallest absolute Gasteiger partial charge is 0.328 e. The van der Waals surface area contributed by atoms with Crippen LogP contribution in [0.25, 0.3) is 0 Å². The van der Waals surface area contributed by atoms with Crippen molar-refractivity contribution in [2.45, 2.75) is 218 Å². The molecule has 2 N–H and O–H groups in total. The number of carboxylic acids is 1. The van der Waals surface area contributed by atoms with Crippen LogP contribution in [0.2, 0.25) is 0 Å². The lowest BCUT2D eigenvalue weighted by molar-refractivity contribution is -0.161. The second-order valence-electron chi connectivity index (χ2n) is 26.3. The number of ether oxygens (including phenoxy) is 5. The van der Waals surface area contributed by atoms with Crippen molar-refractivity contribution >= 4 is 27.9 Å². The maximum Gasteiger partial charge on any atom is 0.328 e. The third-order valence-electron chi connectivity index (χ3n) is 17.0. The molecule has 13 heteroatoms. The summed E-state index contributed by atoms with van der Waals surface area (Å²) < 4.78 is 30.5. The lowest BCUT2D eigenvalue weighted by Crippen LogP contribution is -2.39. The molecule has 2 aliphatic carbocycles. The van der Waals surface area contributed by atoms with Crippen LogP contribution < -0.4 is 5.32 Å². The number of fused-ring (bicyclic) bond motifs is 2. The maximum atomic E-state index is 13.8. The van der Waals surface area contributed by atoms with Gasteiger partial charge in [0.15, 0.2) is 0 Å². The van der Waals surface area contributed by atoms with E-state index in [1.807, 2.05) is 51.1 Å². The number of halogens is 1. The largest absolute Gasteiger partial charge is 0.480 e. The monoisotopic (exact) mass is 1180 g/mol. The Hall–Kier alpha value is -4.08. The third-order valence-corrected chi connectivity index (χ3v) is 17.9. The number of pyridine rings is 2. The zero-order valence-corrected chi connectivity index (χ0v) is 51.8. The first-order valence-electron chi connectivity index (χ1n) is 31.0. The van der Waals surface area contributed by atoms with Crippen molar-refractivity contribution in [3.8, 4) is 0 Å². The van der Waals surface area contributed by atoms with Crippen LogP contribution >= 0.6 is 15.9 Å². The van der Waals surface area contributed by atoms with E-state index in [2.05, 4.69) is 96.3 Å². The summed E-state index contributed by atoms with van der Waals surface area (Å²) in [6.45, 7) is 21.5. The molecule has 4 aliphatic heterocycles. The van der Waals surface area contributed by atoms with E-state index in [1.54, 1.807) is 0 Å². The maximum absolute atomic E-state index is 13.8. The molecule has 0 radical (unpaired) electrons. The Morgan fingerprint density at radius 2 is 1.21 bits per heavy atom. The van der Waals surface area contributed by atoms with Gasteiger partial charge in [-0.2, -0.15) is 0 Å². The van der Waals surface area contributed by atoms with Gasteiger partial charge < -0.3 is 34.1 Å². The molecule has 0 amide bonds. The molecular weight excluding hydrogens is 1080 g/mol. The number of aryl methyl sites for hydroxylation is 6.